The summed E-state index contributed by atoms with van der Waals surface area (Å²) in [4.78, 5) is 29.1. The van der Waals surface area contributed by atoms with E-state index in [1.165, 1.54) is 4.90 Å². The van der Waals surface area contributed by atoms with Crippen LogP contribution in [0.2, 0.25) is 0 Å². The predicted molar refractivity (Wildman–Crippen MR) is 233 cm³/mol. The van der Waals surface area contributed by atoms with Crippen molar-refractivity contribution < 1.29 is 63.1 Å². The zero-order valence-electron chi connectivity index (χ0n) is 36.7. The molecule has 2 aliphatic carbocycles. The lowest BCUT2D eigenvalue weighted by Crippen LogP contribution is -2.61. The highest BCUT2D eigenvalue weighted by molar-refractivity contribution is 5.68. The van der Waals surface area contributed by atoms with Crippen LogP contribution in [0.15, 0.2) is 86.2 Å². The molecule has 28 nitrogen and oxygen atoms in total. The van der Waals surface area contributed by atoms with Crippen LogP contribution in [0.4, 0.5) is 9.18 Å². The molecule has 5 N–H and O–H groups in total. The summed E-state index contributed by atoms with van der Waals surface area (Å²) in [6.07, 6.45) is -20.3. The molecule has 0 radical (unpaired) electrons. The number of azide groups is 5. The van der Waals surface area contributed by atoms with Gasteiger partial charge in [0.1, 0.15) is 37.7 Å². The van der Waals surface area contributed by atoms with Crippen molar-refractivity contribution in [2.75, 3.05) is 19.8 Å². The van der Waals surface area contributed by atoms with E-state index in [2.05, 4.69) is 50.1 Å². The number of ether oxygens (including phenoxy) is 6. The van der Waals surface area contributed by atoms with Gasteiger partial charge in [-0.25, -0.2) is 9.18 Å². The Morgan fingerprint density at radius 3 is 1.99 bits per heavy atom. The highest BCUT2D eigenvalue weighted by Crippen LogP contribution is 2.39. The molecule has 2 aliphatic heterocycles. The van der Waals surface area contributed by atoms with Crippen LogP contribution in [0, 0.1) is 5.92 Å². The third-order valence-electron chi connectivity index (χ3n) is 12.6. The van der Waals surface area contributed by atoms with Crippen LogP contribution in [-0.2, 0) is 41.6 Å². The van der Waals surface area contributed by atoms with Gasteiger partial charge in [-0.15, -0.1) is 0 Å². The van der Waals surface area contributed by atoms with Gasteiger partial charge in [0, 0.05) is 37.6 Å². The van der Waals surface area contributed by atoms with E-state index in [4.69, 9.17) is 34.0 Å². The van der Waals surface area contributed by atoms with Crippen molar-refractivity contribution in [1.29, 1.82) is 0 Å². The molecule has 18 atom stereocenters. The van der Waals surface area contributed by atoms with E-state index in [0.717, 1.165) is 0 Å². The van der Waals surface area contributed by atoms with Crippen molar-refractivity contribution in [2.24, 2.45) is 31.5 Å². The quantitative estimate of drug-likeness (QED) is 0.0678. The molecule has 2 saturated heterocycles. The molecule has 0 aromatic heterocycles. The van der Waals surface area contributed by atoms with Crippen LogP contribution in [0.25, 0.3) is 52.2 Å². The largest absolute Gasteiger partial charge is 0.445 e. The van der Waals surface area contributed by atoms with Gasteiger partial charge in [0.2, 0.25) is 0 Å². The average molecular weight is 967 g/mol. The molecule has 1 amide bonds. The lowest BCUT2D eigenvalue weighted by atomic mass is 9.79. The first-order chi connectivity index (χ1) is 33.5. The number of hydrogen-bond acceptors (Lipinski definition) is 17. The van der Waals surface area contributed by atoms with Gasteiger partial charge < -0.3 is 54.0 Å². The Morgan fingerprint density at radius 2 is 1.35 bits per heavy atom. The Labute approximate surface area is 391 Å². The summed E-state index contributed by atoms with van der Waals surface area (Å²) < 4.78 is 52.1. The molecule has 2 aromatic carbocycles. The Morgan fingerprint density at radius 1 is 0.710 bits per heavy atom. The third kappa shape index (κ3) is 12.7. The van der Waals surface area contributed by atoms with Crippen molar-refractivity contribution in [3.05, 3.63) is 124 Å². The molecule has 0 bridgehead atoms. The van der Waals surface area contributed by atoms with Gasteiger partial charge in [0.05, 0.1) is 73.4 Å². The lowest BCUT2D eigenvalue weighted by molar-refractivity contribution is -0.291. The van der Waals surface area contributed by atoms with E-state index >= 15 is 4.39 Å². The molecule has 69 heavy (non-hydrogen) atoms. The summed E-state index contributed by atoms with van der Waals surface area (Å²) in [5.74, 6) is -0.896. The number of hydrogen-bond donors (Lipinski definition) is 5. The predicted octanol–water partition coefficient (Wildman–Crippen LogP) is 4.80. The van der Waals surface area contributed by atoms with Gasteiger partial charge in [-0.2, -0.15) is 0 Å². The SMILES string of the molecule is [N-]=[N+]=NC[C@@H]1C[C@H](O[C@H]2[C@@H](O)[C@H](O[C@@H]3[C@@H](O)[C@H](N=[N+]=[N-])C[C@H](N=[N+]=[N-])[C@H]3O[C@H]3O[C@H]([C@@H](CF)N(Cc4ccccc4)C(=O)OCc4ccccc4)CC[C@H]3N=[N+]=[N-])O[C@@H]2CO)[C@H](N=[N+]=[N-])[C@@H](O)[C@@H]1O. The summed E-state index contributed by atoms with van der Waals surface area (Å²) in [5.41, 5.74) is 48.2. The second-order valence-corrected chi connectivity index (χ2v) is 16.7. The molecule has 0 spiro atoms. The standard InChI is InChI=1S/C40H51FN16O12/c41-15-26(57(17-20-7-3-1-4-8-20)40(63)64-19-21-9-5-2-6-10-21)27-12-11-23(48-53-43)38(66-27)68-35-25(50-55-45)14-24(49-54-44)32(60)37(35)69-39-34(62)36(29(18-58)67-39)65-28-13-22(16-47-52-42)31(59)33(61)30(28)51-56-46/h1-10,22-39,58-62H,11-19H2/t22-,23+,24+,25-,26+,27-,28-,29+,30-,31+,32-,33+,34+,35+,36+,37+,38+,39-/m0/s1. The topological polar surface area (TPSA) is 421 Å². The van der Waals surface area contributed by atoms with Crippen molar-refractivity contribution in [2.45, 2.75) is 143 Å². The number of benzene rings is 2. The van der Waals surface area contributed by atoms with Crippen molar-refractivity contribution in [3.8, 4) is 0 Å². The summed E-state index contributed by atoms with van der Waals surface area (Å²) >= 11 is 0. The Kier molecular flexibility index (Phi) is 19.2. The summed E-state index contributed by atoms with van der Waals surface area (Å²) in [5, 5.41) is 73.8. The van der Waals surface area contributed by atoms with Crippen molar-refractivity contribution in [3.63, 3.8) is 0 Å². The first kappa shape index (κ1) is 52.2. The highest BCUT2D eigenvalue weighted by atomic mass is 19.1. The van der Waals surface area contributed by atoms with Crippen LogP contribution in [0.1, 0.15) is 36.8 Å². The maximum Gasteiger partial charge on any atom is 0.410 e. The molecule has 2 aromatic rings. The van der Waals surface area contributed by atoms with E-state index in [-0.39, 0.29) is 45.4 Å². The fourth-order valence-corrected chi connectivity index (χ4v) is 9.09. The first-order valence-electron chi connectivity index (χ1n) is 21.9. The van der Waals surface area contributed by atoms with E-state index in [0.29, 0.717) is 11.1 Å². The van der Waals surface area contributed by atoms with Crippen LogP contribution < -0.4 is 0 Å². The van der Waals surface area contributed by atoms with Crippen molar-refractivity contribution in [1.82, 2.24) is 4.90 Å². The van der Waals surface area contributed by atoms with Crippen LogP contribution in [0.3, 0.4) is 0 Å². The first-order valence-corrected chi connectivity index (χ1v) is 21.9. The molecule has 2 saturated carbocycles. The summed E-state index contributed by atoms with van der Waals surface area (Å²) in [6, 6.07) is 11.0. The Hall–Kier alpha value is -6.21. The zero-order valence-corrected chi connectivity index (χ0v) is 36.7. The third-order valence-corrected chi connectivity index (χ3v) is 12.6. The molecule has 0 unspecified atom stereocenters. The maximum atomic E-state index is 15.5. The average Bonchev–Trinajstić information content (AvgIpc) is 3.66. The molecule has 4 aliphatic rings. The van der Waals surface area contributed by atoms with E-state index < -0.39 is 129 Å². The fraction of sp³-hybridized carbons (Fsp3) is 0.675. The number of alkyl halides is 1. The van der Waals surface area contributed by atoms with Crippen LogP contribution >= 0.6 is 0 Å². The minimum atomic E-state index is -1.85. The second kappa shape index (κ2) is 25.4. The molecule has 2 heterocycles. The van der Waals surface area contributed by atoms with E-state index in [9.17, 15) is 52.5 Å². The van der Waals surface area contributed by atoms with Crippen LogP contribution in [0.5, 0.6) is 0 Å². The molecule has 4 fully saturated rings. The second-order valence-electron chi connectivity index (χ2n) is 16.7. The number of carbonyl (C=O) groups is 1. The highest BCUT2D eigenvalue weighted by Gasteiger charge is 2.54. The van der Waals surface area contributed by atoms with Crippen LogP contribution in [-0.4, -0.2) is 160 Å². The number of rotatable bonds is 20. The van der Waals surface area contributed by atoms with Gasteiger partial charge in [0.15, 0.2) is 12.6 Å². The molecular formula is C40H51FN16O12. The Balaban J connectivity index is 1.28. The number of aliphatic hydroxyl groups excluding tert-OH is 5. The monoisotopic (exact) mass is 966 g/mol. The minimum Gasteiger partial charge on any atom is -0.445 e. The zero-order chi connectivity index (χ0) is 49.5. The van der Waals surface area contributed by atoms with E-state index in [1.807, 2.05) is 0 Å². The minimum absolute atomic E-state index is 0.0115. The number of carbonyl (C=O) groups excluding carboxylic acids is 1. The summed E-state index contributed by atoms with van der Waals surface area (Å²) in [6.45, 7) is -2.47. The van der Waals surface area contributed by atoms with Gasteiger partial charge in [-0.05, 0) is 70.4 Å². The molecule has 6 rings (SSSR count). The number of halogens is 1. The Bertz CT molecular complexity index is 2250. The number of aliphatic hydroxyl groups is 5. The molecule has 370 valence electrons. The lowest BCUT2D eigenvalue weighted by Gasteiger charge is -2.46. The summed E-state index contributed by atoms with van der Waals surface area (Å²) in [7, 11) is 0. The molecule has 29 heteroatoms. The van der Waals surface area contributed by atoms with E-state index in [1.54, 1.807) is 60.7 Å². The fourth-order valence-electron chi connectivity index (χ4n) is 9.09. The van der Waals surface area contributed by atoms with Gasteiger partial charge in [0.25, 0.3) is 0 Å². The van der Waals surface area contributed by atoms with Gasteiger partial charge in [-0.3, -0.25) is 4.90 Å². The number of nitrogens with zero attached hydrogens (tertiary/aromatic N) is 16. The normalized spacial score (nSPS) is 34.5. The van der Waals surface area contributed by atoms with Gasteiger partial charge >= 0.3 is 6.09 Å². The van der Waals surface area contributed by atoms with Crippen molar-refractivity contribution >= 4 is 6.09 Å². The van der Waals surface area contributed by atoms with Gasteiger partial charge in [-0.1, -0.05) is 86.2 Å². The maximum absolute atomic E-state index is 15.5. The number of amides is 1. The smallest absolute Gasteiger partial charge is 0.410 e. The molecular weight excluding hydrogens is 916 g/mol.